The summed E-state index contributed by atoms with van der Waals surface area (Å²) in [6.07, 6.45) is 1.11. The van der Waals surface area contributed by atoms with Crippen molar-refractivity contribution < 1.29 is 8.42 Å². The molecule has 0 aromatic rings. The Morgan fingerprint density at radius 2 is 1.82 bits per heavy atom. The van der Waals surface area contributed by atoms with Gasteiger partial charge < -0.3 is 4.90 Å². The van der Waals surface area contributed by atoms with Crippen LogP contribution in [-0.2, 0) is 9.84 Å². The normalized spacial score (nSPS) is 25.2. The van der Waals surface area contributed by atoms with Crippen LogP contribution in [0.3, 0.4) is 0 Å². The van der Waals surface area contributed by atoms with Crippen LogP contribution in [0.5, 0.6) is 0 Å². The number of rotatable bonds is 2. The van der Waals surface area contributed by atoms with Gasteiger partial charge in [0.15, 0.2) is 9.84 Å². The summed E-state index contributed by atoms with van der Waals surface area (Å²) in [4.78, 5) is 2.21. The molecule has 11 heavy (non-hydrogen) atoms. The third kappa shape index (κ3) is 2.79. The largest absolute Gasteiger partial charge is 0.301 e. The lowest BCUT2D eigenvalue weighted by atomic mass is 10.4. The van der Waals surface area contributed by atoms with Crippen molar-refractivity contribution in [2.24, 2.45) is 0 Å². The van der Waals surface area contributed by atoms with E-state index in [4.69, 9.17) is 0 Å². The fraction of sp³-hybridized carbons (Fsp3) is 1.00. The van der Waals surface area contributed by atoms with Crippen LogP contribution in [0.25, 0.3) is 0 Å². The lowest BCUT2D eigenvalue weighted by Crippen LogP contribution is -2.40. The second-order valence-corrected chi connectivity index (χ2v) is 5.30. The molecule has 0 unspecified atom stereocenters. The van der Waals surface area contributed by atoms with E-state index in [1.54, 1.807) is 0 Å². The van der Waals surface area contributed by atoms with Crippen LogP contribution < -0.4 is 0 Å². The molecule has 1 heterocycles. The molecule has 0 amide bonds. The first-order valence-corrected chi connectivity index (χ1v) is 5.89. The second kappa shape index (κ2) is 3.54. The molecular formula is C7H15NO2S. The van der Waals surface area contributed by atoms with Crippen molar-refractivity contribution in [3.8, 4) is 0 Å². The minimum Gasteiger partial charge on any atom is -0.301 e. The van der Waals surface area contributed by atoms with E-state index >= 15 is 0 Å². The lowest BCUT2D eigenvalue weighted by molar-refractivity contribution is 0.296. The molecule has 1 saturated heterocycles. The Kier molecular flexibility index (Phi) is 2.90. The highest BCUT2D eigenvalue weighted by Gasteiger charge is 2.20. The number of hydrogen-bond acceptors (Lipinski definition) is 3. The molecule has 0 aromatic heterocycles. The Morgan fingerprint density at radius 3 is 2.27 bits per heavy atom. The molecule has 1 rings (SSSR count). The average Bonchev–Trinajstić information content (AvgIpc) is 1.94. The quantitative estimate of drug-likeness (QED) is 0.601. The first-order chi connectivity index (χ1) is 5.14. The summed E-state index contributed by atoms with van der Waals surface area (Å²) in [5.74, 6) is 0.708. The molecule has 0 radical (unpaired) electrons. The van der Waals surface area contributed by atoms with Gasteiger partial charge in [0.2, 0.25) is 0 Å². The topological polar surface area (TPSA) is 37.4 Å². The van der Waals surface area contributed by atoms with Crippen LogP contribution in [0.15, 0.2) is 0 Å². The van der Waals surface area contributed by atoms with Crippen LogP contribution in [0.2, 0.25) is 0 Å². The average molecular weight is 177 g/mol. The second-order valence-electron chi connectivity index (χ2n) is 2.99. The minimum atomic E-state index is -2.68. The molecule has 0 aromatic carbocycles. The van der Waals surface area contributed by atoms with Gasteiger partial charge in [0, 0.05) is 13.1 Å². The van der Waals surface area contributed by atoms with Crippen LogP contribution in [0.1, 0.15) is 13.3 Å². The smallest absolute Gasteiger partial charge is 0.152 e. The summed E-state index contributed by atoms with van der Waals surface area (Å²) < 4.78 is 21.9. The Hall–Kier alpha value is -0.0900. The van der Waals surface area contributed by atoms with Gasteiger partial charge in [0.25, 0.3) is 0 Å². The standard InChI is InChI=1S/C7H15NO2S/c1-2-3-8-4-6-11(9,10)7-5-8/h2-7H2,1H3. The molecule has 0 bridgehead atoms. The maximum absolute atomic E-state index is 11.0. The van der Waals surface area contributed by atoms with E-state index in [0.717, 1.165) is 26.1 Å². The van der Waals surface area contributed by atoms with E-state index in [9.17, 15) is 8.42 Å². The van der Waals surface area contributed by atoms with E-state index in [1.807, 2.05) is 0 Å². The van der Waals surface area contributed by atoms with Crippen molar-refractivity contribution >= 4 is 9.84 Å². The monoisotopic (exact) mass is 177 g/mol. The molecule has 1 fully saturated rings. The van der Waals surface area contributed by atoms with Crippen LogP contribution in [-0.4, -0.2) is 44.5 Å². The maximum Gasteiger partial charge on any atom is 0.152 e. The van der Waals surface area contributed by atoms with Crippen LogP contribution >= 0.6 is 0 Å². The molecule has 1 aliphatic rings. The van der Waals surface area contributed by atoms with Gasteiger partial charge in [-0.25, -0.2) is 8.42 Å². The maximum atomic E-state index is 11.0. The predicted octanol–water partition coefficient (Wildman–Crippen LogP) is 0.127. The summed E-state index contributed by atoms with van der Waals surface area (Å²) in [5.41, 5.74) is 0. The molecule has 4 heteroatoms. The van der Waals surface area contributed by atoms with Gasteiger partial charge >= 0.3 is 0 Å². The molecule has 0 N–H and O–H groups in total. The summed E-state index contributed by atoms with van der Waals surface area (Å²) in [5, 5.41) is 0. The fourth-order valence-electron chi connectivity index (χ4n) is 1.29. The van der Waals surface area contributed by atoms with Crippen LogP contribution in [0, 0.1) is 0 Å². The zero-order valence-electron chi connectivity index (χ0n) is 6.91. The van der Waals surface area contributed by atoms with Gasteiger partial charge in [0.1, 0.15) is 0 Å². The van der Waals surface area contributed by atoms with Gasteiger partial charge in [-0.2, -0.15) is 0 Å². The predicted molar refractivity (Wildman–Crippen MR) is 45.4 cm³/mol. The Morgan fingerprint density at radius 1 is 1.27 bits per heavy atom. The highest BCUT2D eigenvalue weighted by atomic mass is 32.2. The molecule has 0 saturated carbocycles. The zero-order valence-corrected chi connectivity index (χ0v) is 7.73. The highest BCUT2D eigenvalue weighted by molar-refractivity contribution is 7.91. The molecular weight excluding hydrogens is 162 g/mol. The highest BCUT2D eigenvalue weighted by Crippen LogP contribution is 2.03. The van der Waals surface area contributed by atoms with E-state index in [0.29, 0.717) is 11.5 Å². The third-order valence-electron chi connectivity index (χ3n) is 1.98. The van der Waals surface area contributed by atoms with Crippen molar-refractivity contribution in [2.75, 3.05) is 31.1 Å². The van der Waals surface area contributed by atoms with Crippen molar-refractivity contribution in [3.63, 3.8) is 0 Å². The Labute approximate surface area is 68.3 Å². The SMILES string of the molecule is CCCN1CCS(=O)(=O)CC1. The van der Waals surface area contributed by atoms with E-state index < -0.39 is 9.84 Å². The van der Waals surface area contributed by atoms with Gasteiger partial charge in [-0.1, -0.05) is 6.92 Å². The fourth-order valence-corrected chi connectivity index (χ4v) is 2.57. The lowest BCUT2D eigenvalue weighted by Gasteiger charge is -2.25. The number of sulfone groups is 1. The molecule has 1 aliphatic heterocycles. The third-order valence-corrected chi connectivity index (χ3v) is 3.59. The van der Waals surface area contributed by atoms with Crippen molar-refractivity contribution in [1.29, 1.82) is 0 Å². The Balaban J connectivity index is 2.36. The van der Waals surface area contributed by atoms with Gasteiger partial charge in [0.05, 0.1) is 11.5 Å². The van der Waals surface area contributed by atoms with E-state index in [-0.39, 0.29) is 0 Å². The van der Waals surface area contributed by atoms with Crippen molar-refractivity contribution in [1.82, 2.24) is 4.90 Å². The Bertz CT molecular complexity index is 196. The van der Waals surface area contributed by atoms with E-state index in [1.165, 1.54) is 0 Å². The first-order valence-electron chi connectivity index (χ1n) is 4.07. The summed E-state index contributed by atoms with van der Waals surface area (Å²) in [6.45, 7) is 4.62. The van der Waals surface area contributed by atoms with Gasteiger partial charge in [-0.05, 0) is 13.0 Å². The molecule has 0 aliphatic carbocycles. The summed E-state index contributed by atoms with van der Waals surface area (Å²) in [7, 11) is -2.68. The number of nitrogens with zero attached hydrogens (tertiary/aromatic N) is 1. The molecule has 0 spiro atoms. The van der Waals surface area contributed by atoms with Gasteiger partial charge in [-0.3, -0.25) is 0 Å². The van der Waals surface area contributed by atoms with Crippen LogP contribution in [0.4, 0.5) is 0 Å². The summed E-state index contributed by atoms with van der Waals surface area (Å²) >= 11 is 0. The minimum absolute atomic E-state index is 0.354. The van der Waals surface area contributed by atoms with Crippen molar-refractivity contribution in [2.45, 2.75) is 13.3 Å². The molecule has 0 atom stereocenters. The number of hydrogen-bond donors (Lipinski definition) is 0. The molecule has 3 nitrogen and oxygen atoms in total. The molecule has 66 valence electrons. The zero-order chi connectivity index (χ0) is 8.32. The van der Waals surface area contributed by atoms with Gasteiger partial charge in [-0.15, -0.1) is 0 Å². The summed E-state index contributed by atoms with van der Waals surface area (Å²) in [6, 6.07) is 0. The van der Waals surface area contributed by atoms with Crippen molar-refractivity contribution in [3.05, 3.63) is 0 Å². The van der Waals surface area contributed by atoms with E-state index in [2.05, 4.69) is 11.8 Å². The first kappa shape index (κ1) is 9.00.